The van der Waals surface area contributed by atoms with Crippen LogP contribution in [0, 0.1) is 0 Å². The summed E-state index contributed by atoms with van der Waals surface area (Å²) in [5.41, 5.74) is 12.3. The standard InChI is InChI=1S/C10H14Cl2N2/c1-10(2,14)9(13)6-3-4-7(11)8(12)5-6/h3-5,9H,13-14H2,1-2H3. The maximum atomic E-state index is 5.96. The Morgan fingerprint density at radius 1 is 1.21 bits per heavy atom. The number of nitrogens with two attached hydrogens (primary N) is 2. The molecular weight excluding hydrogens is 219 g/mol. The van der Waals surface area contributed by atoms with Crippen molar-refractivity contribution in [3.63, 3.8) is 0 Å². The van der Waals surface area contributed by atoms with Gasteiger partial charge in [0, 0.05) is 11.6 Å². The third-order valence-electron chi connectivity index (χ3n) is 2.10. The highest BCUT2D eigenvalue weighted by Crippen LogP contribution is 2.28. The van der Waals surface area contributed by atoms with E-state index in [0.717, 1.165) is 5.56 Å². The van der Waals surface area contributed by atoms with Crippen LogP contribution in [0.25, 0.3) is 0 Å². The summed E-state index contributed by atoms with van der Waals surface area (Å²) in [5.74, 6) is 0. The molecule has 4 N–H and O–H groups in total. The van der Waals surface area contributed by atoms with Crippen LogP contribution in [0.5, 0.6) is 0 Å². The predicted octanol–water partition coefficient (Wildman–Crippen LogP) is 2.73. The number of hydrogen-bond donors (Lipinski definition) is 2. The van der Waals surface area contributed by atoms with Gasteiger partial charge in [-0.25, -0.2) is 0 Å². The lowest BCUT2D eigenvalue weighted by molar-refractivity contribution is 0.420. The van der Waals surface area contributed by atoms with Crippen molar-refractivity contribution in [2.45, 2.75) is 25.4 Å². The molecule has 0 saturated heterocycles. The van der Waals surface area contributed by atoms with Crippen molar-refractivity contribution in [1.82, 2.24) is 0 Å². The molecule has 78 valence electrons. The summed E-state index contributed by atoms with van der Waals surface area (Å²) < 4.78 is 0. The molecule has 1 unspecified atom stereocenters. The zero-order chi connectivity index (χ0) is 10.9. The van der Waals surface area contributed by atoms with Gasteiger partial charge in [-0.15, -0.1) is 0 Å². The number of halogens is 2. The topological polar surface area (TPSA) is 52.0 Å². The summed E-state index contributed by atoms with van der Waals surface area (Å²) in [4.78, 5) is 0. The van der Waals surface area contributed by atoms with Crippen LogP contribution in [-0.2, 0) is 0 Å². The fourth-order valence-electron chi connectivity index (χ4n) is 1.14. The molecule has 0 saturated carbocycles. The van der Waals surface area contributed by atoms with Gasteiger partial charge >= 0.3 is 0 Å². The minimum Gasteiger partial charge on any atom is -0.324 e. The Labute approximate surface area is 94.2 Å². The molecule has 0 heterocycles. The van der Waals surface area contributed by atoms with Crippen LogP contribution in [0.3, 0.4) is 0 Å². The fraction of sp³-hybridized carbons (Fsp3) is 0.400. The zero-order valence-electron chi connectivity index (χ0n) is 8.22. The van der Waals surface area contributed by atoms with E-state index < -0.39 is 5.54 Å². The van der Waals surface area contributed by atoms with E-state index in [1.165, 1.54) is 0 Å². The minimum absolute atomic E-state index is 0.253. The van der Waals surface area contributed by atoms with Gasteiger partial charge in [-0.1, -0.05) is 29.3 Å². The van der Waals surface area contributed by atoms with E-state index in [0.29, 0.717) is 10.0 Å². The van der Waals surface area contributed by atoms with Crippen LogP contribution in [0.2, 0.25) is 10.0 Å². The first-order valence-electron chi connectivity index (χ1n) is 4.32. The Kier molecular flexibility index (Phi) is 3.43. The lowest BCUT2D eigenvalue weighted by Crippen LogP contribution is -2.43. The average Bonchev–Trinajstić information content (AvgIpc) is 2.07. The van der Waals surface area contributed by atoms with Gasteiger partial charge in [0.05, 0.1) is 10.0 Å². The number of benzene rings is 1. The second-order valence-electron chi connectivity index (χ2n) is 3.97. The molecule has 0 bridgehead atoms. The van der Waals surface area contributed by atoms with Crippen LogP contribution in [0.1, 0.15) is 25.5 Å². The number of hydrogen-bond acceptors (Lipinski definition) is 2. The Morgan fingerprint density at radius 2 is 1.79 bits per heavy atom. The predicted molar refractivity (Wildman–Crippen MR) is 61.7 cm³/mol. The summed E-state index contributed by atoms with van der Waals surface area (Å²) in [7, 11) is 0. The minimum atomic E-state index is -0.475. The molecule has 0 aliphatic heterocycles. The van der Waals surface area contributed by atoms with Gasteiger partial charge in [0.15, 0.2) is 0 Å². The van der Waals surface area contributed by atoms with Crippen LogP contribution in [0.4, 0.5) is 0 Å². The van der Waals surface area contributed by atoms with Crippen molar-refractivity contribution in [2.75, 3.05) is 0 Å². The van der Waals surface area contributed by atoms with E-state index in [-0.39, 0.29) is 6.04 Å². The largest absolute Gasteiger partial charge is 0.324 e. The molecule has 0 aliphatic rings. The molecule has 1 aromatic carbocycles. The lowest BCUT2D eigenvalue weighted by Gasteiger charge is -2.27. The molecule has 1 aromatic rings. The second kappa shape index (κ2) is 4.07. The third kappa shape index (κ3) is 2.61. The highest BCUT2D eigenvalue weighted by molar-refractivity contribution is 6.42. The highest BCUT2D eigenvalue weighted by Gasteiger charge is 2.23. The first kappa shape index (κ1) is 11.8. The van der Waals surface area contributed by atoms with Crippen molar-refractivity contribution in [1.29, 1.82) is 0 Å². The number of rotatable bonds is 2. The van der Waals surface area contributed by atoms with Gasteiger partial charge in [-0.2, -0.15) is 0 Å². The van der Waals surface area contributed by atoms with Gasteiger partial charge in [0.25, 0.3) is 0 Å². The van der Waals surface area contributed by atoms with Crippen molar-refractivity contribution in [2.24, 2.45) is 11.5 Å². The Balaban J connectivity index is 3.03. The van der Waals surface area contributed by atoms with Crippen LogP contribution >= 0.6 is 23.2 Å². The van der Waals surface area contributed by atoms with Gasteiger partial charge in [0.2, 0.25) is 0 Å². The van der Waals surface area contributed by atoms with Crippen LogP contribution in [-0.4, -0.2) is 5.54 Å². The first-order chi connectivity index (χ1) is 6.32. The monoisotopic (exact) mass is 232 g/mol. The fourth-order valence-corrected chi connectivity index (χ4v) is 1.44. The molecule has 2 nitrogen and oxygen atoms in total. The molecular formula is C10H14Cl2N2. The van der Waals surface area contributed by atoms with Crippen LogP contribution < -0.4 is 11.5 Å². The second-order valence-corrected chi connectivity index (χ2v) is 4.79. The highest BCUT2D eigenvalue weighted by atomic mass is 35.5. The third-order valence-corrected chi connectivity index (χ3v) is 2.84. The molecule has 0 spiro atoms. The molecule has 4 heteroatoms. The maximum Gasteiger partial charge on any atom is 0.0595 e. The summed E-state index contributed by atoms with van der Waals surface area (Å²) in [6, 6.07) is 5.07. The van der Waals surface area contributed by atoms with E-state index in [2.05, 4.69) is 0 Å². The van der Waals surface area contributed by atoms with E-state index >= 15 is 0 Å². The molecule has 14 heavy (non-hydrogen) atoms. The lowest BCUT2D eigenvalue weighted by atomic mass is 9.90. The molecule has 0 radical (unpaired) electrons. The SMILES string of the molecule is CC(C)(N)C(N)c1ccc(Cl)c(Cl)c1. The summed E-state index contributed by atoms with van der Waals surface area (Å²) in [6.07, 6.45) is 0. The van der Waals surface area contributed by atoms with Gasteiger partial charge in [0.1, 0.15) is 0 Å². The van der Waals surface area contributed by atoms with Gasteiger partial charge in [-0.05, 0) is 31.5 Å². The normalized spacial score (nSPS) is 14.1. The first-order valence-corrected chi connectivity index (χ1v) is 5.07. The van der Waals surface area contributed by atoms with Crippen molar-refractivity contribution >= 4 is 23.2 Å². The quantitative estimate of drug-likeness (QED) is 0.825. The Morgan fingerprint density at radius 3 is 2.21 bits per heavy atom. The van der Waals surface area contributed by atoms with E-state index in [1.807, 2.05) is 19.9 Å². The molecule has 0 aliphatic carbocycles. The van der Waals surface area contributed by atoms with Gasteiger partial charge in [-0.3, -0.25) is 0 Å². The van der Waals surface area contributed by atoms with Crippen molar-refractivity contribution in [3.05, 3.63) is 33.8 Å². The van der Waals surface area contributed by atoms with Gasteiger partial charge < -0.3 is 11.5 Å². The average molecular weight is 233 g/mol. The zero-order valence-corrected chi connectivity index (χ0v) is 9.73. The maximum absolute atomic E-state index is 5.96. The molecule has 1 atom stereocenters. The summed E-state index contributed by atoms with van der Waals surface area (Å²) in [5, 5.41) is 1.03. The van der Waals surface area contributed by atoms with E-state index in [4.69, 9.17) is 34.7 Å². The molecule has 1 rings (SSSR count). The summed E-state index contributed by atoms with van der Waals surface area (Å²) >= 11 is 11.7. The molecule has 0 aromatic heterocycles. The summed E-state index contributed by atoms with van der Waals surface area (Å²) in [6.45, 7) is 3.75. The van der Waals surface area contributed by atoms with E-state index in [1.54, 1.807) is 12.1 Å². The Hall–Kier alpha value is -0.280. The molecule has 0 fully saturated rings. The smallest absolute Gasteiger partial charge is 0.0595 e. The van der Waals surface area contributed by atoms with E-state index in [9.17, 15) is 0 Å². The van der Waals surface area contributed by atoms with Crippen LogP contribution in [0.15, 0.2) is 18.2 Å². The Bertz CT molecular complexity index is 331. The molecule has 0 amide bonds. The van der Waals surface area contributed by atoms with Crippen molar-refractivity contribution in [3.8, 4) is 0 Å². The van der Waals surface area contributed by atoms with Crippen molar-refractivity contribution < 1.29 is 0 Å².